The Bertz CT molecular complexity index is 1060. The number of alkyl halides is 5. The number of carbonyl (C=O) groups is 2. The largest absolute Gasteiger partial charge is 0.397 e. The van der Waals surface area contributed by atoms with Gasteiger partial charge in [0.25, 0.3) is 0 Å². The van der Waals surface area contributed by atoms with E-state index in [-0.39, 0.29) is 16.3 Å². The van der Waals surface area contributed by atoms with Gasteiger partial charge in [-0.05, 0) is 35.9 Å². The number of hydrogen-bond donors (Lipinski definition) is 2. The van der Waals surface area contributed by atoms with Crippen LogP contribution in [0.2, 0.25) is 10.0 Å². The number of anilines is 1. The molecule has 2 unspecified atom stereocenters. The van der Waals surface area contributed by atoms with Crippen LogP contribution in [0.25, 0.3) is 0 Å². The van der Waals surface area contributed by atoms with E-state index in [9.17, 15) is 27.2 Å². The zero-order valence-corrected chi connectivity index (χ0v) is 18.9. The Morgan fingerprint density at radius 3 is 2.34 bits per heavy atom. The minimum Gasteiger partial charge on any atom is -0.352 e. The number of benzene rings is 2. The van der Waals surface area contributed by atoms with E-state index in [0.717, 1.165) is 6.07 Å². The number of rotatable bonds is 6. The first-order valence-corrected chi connectivity index (χ1v) is 10.6. The molecule has 172 valence electrons. The lowest BCUT2D eigenvalue weighted by Crippen LogP contribution is -2.28. The van der Waals surface area contributed by atoms with Crippen LogP contribution >= 0.6 is 46.4 Å². The Balaban J connectivity index is 1.68. The van der Waals surface area contributed by atoms with E-state index in [0.29, 0.717) is 10.6 Å². The maximum Gasteiger partial charge on any atom is 0.397 e. The zero-order valence-electron chi connectivity index (χ0n) is 15.9. The van der Waals surface area contributed by atoms with Gasteiger partial charge in [-0.1, -0.05) is 29.3 Å². The Morgan fingerprint density at radius 1 is 1.03 bits per heavy atom. The van der Waals surface area contributed by atoms with Crippen LogP contribution in [0.3, 0.4) is 0 Å². The van der Waals surface area contributed by atoms with Gasteiger partial charge >= 0.3 is 6.18 Å². The summed E-state index contributed by atoms with van der Waals surface area (Å²) in [6.45, 7) is -0.491. The summed E-state index contributed by atoms with van der Waals surface area (Å²) in [4.78, 5) is 24.0. The number of carbonyl (C=O) groups excluding carboxylic acids is 2. The third-order valence-electron chi connectivity index (χ3n) is 4.79. The van der Waals surface area contributed by atoms with E-state index >= 15 is 0 Å². The van der Waals surface area contributed by atoms with Crippen molar-refractivity contribution >= 4 is 63.9 Å². The molecule has 12 heteroatoms. The summed E-state index contributed by atoms with van der Waals surface area (Å²) in [6, 6.07) is 8.22. The Morgan fingerprint density at radius 2 is 1.72 bits per heavy atom. The second kappa shape index (κ2) is 9.25. The van der Waals surface area contributed by atoms with Crippen molar-refractivity contribution in [1.82, 2.24) is 5.32 Å². The van der Waals surface area contributed by atoms with E-state index < -0.39 is 52.9 Å². The fourth-order valence-electron chi connectivity index (χ4n) is 3.22. The molecular formula is C20H14Cl4F4N2O2. The van der Waals surface area contributed by atoms with E-state index in [1.165, 1.54) is 12.1 Å². The highest BCUT2D eigenvalue weighted by Gasteiger charge is 2.67. The van der Waals surface area contributed by atoms with E-state index in [2.05, 4.69) is 5.32 Å². The molecule has 3 rings (SSSR count). The lowest BCUT2D eigenvalue weighted by Gasteiger charge is -2.11. The van der Waals surface area contributed by atoms with Crippen LogP contribution in [-0.4, -0.2) is 22.3 Å². The van der Waals surface area contributed by atoms with Crippen molar-refractivity contribution in [2.24, 2.45) is 5.92 Å². The molecule has 2 aromatic carbocycles. The van der Waals surface area contributed by atoms with Gasteiger partial charge in [-0.15, -0.1) is 23.2 Å². The molecule has 0 aromatic heterocycles. The summed E-state index contributed by atoms with van der Waals surface area (Å²) < 4.78 is 49.3. The molecule has 4 nitrogen and oxygen atoms in total. The van der Waals surface area contributed by atoms with Crippen LogP contribution in [0.1, 0.15) is 23.5 Å². The Kier molecular flexibility index (Phi) is 7.20. The van der Waals surface area contributed by atoms with E-state index in [4.69, 9.17) is 46.4 Å². The molecule has 32 heavy (non-hydrogen) atoms. The first-order valence-electron chi connectivity index (χ1n) is 9.05. The molecule has 2 atom stereocenters. The third-order valence-corrected chi connectivity index (χ3v) is 6.47. The summed E-state index contributed by atoms with van der Waals surface area (Å²) >= 11 is 24.5. The van der Waals surface area contributed by atoms with E-state index in [1.807, 2.05) is 5.32 Å². The van der Waals surface area contributed by atoms with Crippen molar-refractivity contribution in [1.29, 1.82) is 0 Å². The molecule has 1 aliphatic rings. The van der Waals surface area contributed by atoms with Gasteiger partial charge in [-0.25, -0.2) is 4.39 Å². The van der Waals surface area contributed by atoms with Crippen LogP contribution in [0.15, 0.2) is 36.4 Å². The SMILES string of the molecule is O=C(CC(F)(F)F)NCc1cc(NC(=O)C2C(c3ccc(Cl)c(Cl)c3)C2(Cl)Cl)ccc1F. The van der Waals surface area contributed by atoms with Gasteiger partial charge in [0.15, 0.2) is 0 Å². The highest BCUT2D eigenvalue weighted by molar-refractivity contribution is 6.53. The molecular weight excluding hydrogens is 518 g/mol. The first-order chi connectivity index (χ1) is 14.8. The molecule has 1 saturated carbocycles. The number of amides is 2. The summed E-state index contributed by atoms with van der Waals surface area (Å²) in [7, 11) is 0. The van der Waals surface area contributed by atoms with Crippen molar-refractivity contribution in [3.05, 3.63) is 63.4 Å². The van der Waals surface area contributed by atoms with Crippen LogP contribution in [-0.2, 0) is 16.1 Å². The Labute approximate surface area is 200 Å². The average Bonchev–Trinajstić information content (AvgIpc) is 3.25. The normalized spacial score (nSPS) is 19.4. The smallest absolute Gasteiger partial charge is 0.352 e. The molecule has 0 spiro atoms. The summed E-state index contributed by atoms with van der Waals surface area (Å²) in [5.41, 5.74) is 0.648. The molecule has 0 radical (unpaired) electrons. The van der Waals surface area contributed by atoms with E-state index in [1.54, 1.807) is 18.2 Å². The van der Waals surface area contributed by atoms with Crippen LogP contribution < -0.4 is 10.6 Å². The minimum absolute atomic E-state index is 0.113. The summed E-state index contributed by atoms with van der Waals surface area (Å²) in [5, 5.41) is 5.14. The molecule has 1 aliphatic carbocycles. The zero-order chi connectivity index (χ0) is 23.8. The molecule has 1 fully saturated rings. The van der Waals surface area contributed by atoms with Crippen molar-refractivity contribution in [2.75, 3.05) is 5.32 Å². The lowest BCUT2D eigenvalue weighted by atomic mass is 10.1. The standard InChI is InChI=1S/C20H14Cl4F4N2O2/c21-12-3-1-9(6-13(12)22)16-17(20(16,23)24)18(32)30-11-2-4-14(25)10(5-11)8-29-15(31)7-19(26,27)28/h1-6,16-17H,7-8H2,(H,29,31)(H,30,32). The molecule has 0 heterocycles. The fraction of sp³-hybridized carbons (Fsp3) is 0.300. The van der Waals surface area contributed by atoms with Gasteiger partial charge in [-0.3, -0.25) is 9.59 Å². The van der Waals surface area contributed by atoms with Crippen molar-refractivity contribution in [3.8, 4) is 0 Å². The predicted molar refractivity (Wildman–Crippen MR) is 115 cm³/mol. The summed E-state index contributed by atoms with van der Waals surface area (Å²) in [6.07, 6.45) is -6.36. The van der Waals surface area contributed by atoms with Gasteiger partial charge in [0.1, 0.15) is 16.6 Å². The first kappa shape index (κ1) is 24.9. The molecule has 0 bridgehead atoms. The minimum atomic E-state index is -4.68. The van der Waals surface area contributed by atoms with Gasteiger partial charge in [0, 0.05) is 23.7 Å². The maximum atomic E-state index is 14.0. The quantitative estimate of drug-likeness (QED) is 0.343. The fourth-order valence-corrected chi connectivity index (χ4v) is 4.35. The maximum absolute atomic E-state index is 14.0. The topological polar surface area (TPSA) is 58.2 Å². The number of halogens is 8. The summed E-state index contributed by atoms with van der Waals surface area (Å²) in [5.74, 6) is -4.03. The lowest BCUT2D eigenvalue weighted by molar-refractivity contribution is -0.153. The molecule has 2 N–H and O–H groups in total. The second-order valence-electron chi connectivity index (χ2n) is 7.17. The van der Waals surface area contributed by atoms with Crippen molar-refractivity contribution < 1.29 is 27.2 Å². The molecule has 0 saturated heterocycles. The van der Waals surface area contributed by atoms with Crippen molar-refractivity contribution in [3.63, 3.8) is 0 Å². The number of nitrogens with one attached hydrogen (secondary N) is 2. The van der Waals surface area contributed by atoms with Gasteiger partial charge in [0.2, 0.25) is 11.8 Å². The third kappa shape index (κ3) is 5.78. The molecule has 2 amide bonds. The predicted octanol–water partition coefficient (Wildman–Crippen LogP) is 6.23. The highest BCUT2D eigenvalue weighted by Crippen LogP contribution is 2.65. The van der Waals surface area contributed by atoms with Crippen LogP contribution in [0, 0.1) is 11.7 Å². The highest BCUT2D eigenvalue weighted by atomic mass is 35.5. The second-order valence-corrected chi connectivity index (χ2v) is 9.43. The van der Waals surface area contributed by atoms with Gasteiger partial charge < -0.3 is 10.6 Å². The van der Waals surface area contributed by atoms with Crippen molar-refractivity contribution in [2.45, 2.75) is 29.4 Å². The monoisotopic (exact) mass is 530 g/mol. The van der Waals surface area contributed by atoms with Crippen LogP contribution in [0.5, 0.6) is 0 Å². The average molecular weight is 532 g/mol. The van der Waals surface area contributed by atoms with Gasteiger partial charge in [-0.2, -0.15) is 13.2 Å². The van der Waals surface area contributed by atoms with Gasteiger partial charge in [0.05, 0.1) is 16.0 Å². The molecule has 2 aromatic rings. The Hall–Kier alpha value is -1.74. The number of hydrogen-bond acceptors (Lipinski definition) is 2. The van der Waals surface area contributed by atoms with Crippen LogP contribution in [0.4, 0.5) is 23.2 Å². The molecule has 0 aliphatic heterocycles.